The predicted octanol–water partition coefficient (Wildman–Crippen LogP) is 6.94. The van der Waals surface area contributed by atoms with Crippen LogP contribution in [0.4, 0.5) is 9.52 Å². The summed E-state index contributed by atoms with van der Waals surface area (Å²) in [6.07, 6.45) is 2.99. The number of rotatable bonds is 11. The molecule has 0 saturated carbocycles. The fourth-order valence-electron chi connectivity index (χ4n) is 5.09. The van der Waals surface area contributed by atoms with Crippen molar-refractivity contribution in [3.05, 3.63) is 94.8 Å². The second kappa shape index (κ2) is 13.7. The number of hydrogen-bond donors (Lipinski definition) is 1. The number of thioether (sulfide) groups is 1. The number of nitrogens with zero attached hydrogens (tertiary/aromatic N) is 3. The third-order valence-corrected chi connectivity index (χ3v) is 9.45. The van der Waals surface area contributed by atoms with Crippen LogP contribution in [0.1, 0.15) is 48.9 Å². The van der Waals surface area contributed by atoms with Crippen LogP contribution in [0, 0.1) is 5.82 Å². The van der Waals surface area contributed by atoms with E-state index in [0.29, 0.717) is 58.3 Å². The van der Waals surface area contributed by atoms with E-state index >= 15 is 0 Å². The van der Waals surface area contributed by atoms with E-state index in [-0.39, 0.29) is 22.3 Å². The number of aliphatic hydroxyl groups is 1. The number of anilines is 1. The standard InChI is InChI=1S/C33H30FN3O6S2/c1-2-3-4-14-41-24-7-5-6-21(17-24)28-27(29(38)22-10-13-25-26(18-22)43-16-15-42-25)30(39)31(40)37(28)32-35-36-33(45-32)44-19-20-8-11-23(34)12-9-20/h5-13,17-18,28,38H,2-4,14-16,19H2,1H3/b29-27+/t28-/m0/s1. The molecule has 3 heterocycles. The Kier molecular flexibility index (Phi) is 9.31. The molecule has 1 atom stereocenters. The van der Waals surface area contributed by atoms with E-state index in [2.05, 4.69) is 17.1 Å². The normalized spacial score (nSPS) is 17.1. The fourth-order valence-corrected chi connectivity index (χ4v) is 6.92. The Labute approximate surface area is 267 Å². The number of unbranched alkanes of at least 4 members (excludes halogenated alkanes) is 2. The number of amides is 1. The second-order valence-electron chi connectivity index (χ2n) is 10.4. The molecule has 45 heavy (non-hydrogen) atoms. The van der Waals surface area contributed by atoms with Gasteiger partial charge in [0.1, 0.15) is 30.5 Å². The van der Waals surface area contributed by atoms with Crippen molar-refractivity contribution in [3.8, 4) is 17.2 Å². The Morgan fingerprint density at radius 1 is 1.04 bits per heavy atom. The van der Waals surface area contributed by atoms with Gasteiger partial charge in [0.15, 0.2) is 15.8 Å². The van der Waals surface area contributed by atoms with Gasteiger partial charge in [-0.2, -0.15) is 0 Å². The first kappa shape index (κ1) is 30.6. The first-order chi connectivity index (χ1) is 21.9. The Bertz CT molecular complexity index is 1740. The number of Topliss-reactive ketones (excluding diaryl/α,β-unsaturated/α-hetero) is 1. The smallest absolute Gasteiger partial charge is 0.301 e. The summed E-state index contributed by atoms with van der Waals surface area (Å²) in [4.78, 5) is 28.6. The molecule has 2 aliphatic rings. The number of halogens is 1. The number of carbonyl (C=O) groups is 2. The van der Waals surface area contributed by atoms with Crippen molar-refractivity contribution in [1.82, 2.24) is 10.2 Å². The Morgan fingerprint density at radius 3 is 2.64 bits per heavy atom. The maximum absolute atomic E-state index is 13.7. The highest BCUT2D eigenvalue weighted by atomic mass is 32.2. The van der Waals surface area contributed by atoms with Crippen molar-refractivity contribution >= 4 is 45.7 Å². The van der Waals surface area contributed by atoms with Gasteiger partial charge in [0.25, 0.3) is 5.78 Å². The predicted molar refractivity (Wildman–Crippen MR) is 170 cm³/mol. The number of hydrogen-bond acceptors (Lipinski definition) is 10. The van der Waals surface area contributed by atoms with Gasteiger partial charge in [-0.25, -0.2) is 4.39 Å². The molecule has 1 amide bonds. The van der Waals surface area contributed by atoms with Gasteiger partial charge in [-0.1, -0.05) is 67.1 Å². The van der Waals surface area contributed by atoms with Crippen LogP contribution in [0.2, 0.25) is 0 Å². The van der Waals surface area contributed by atoms with Crippen LogP contribution in [0.3, 0.4) is 0 Å². The van der Waals surface area contributed by atoms with Gasteiger partial charge in [-0.15, -0.1) is 10.2 Å². The maximum Gasteiger partial charge on any atom is 0.301 e. The van der Waals surface area contributed by atoms with Crippen LogP contribution in [0.15, 0.2) is 76.6 Å². The van der Waals surface area contributed by atoms with Crippen LogP contribution < -0.4 is 19.1 Å². The average Bonchev–Trinajstić information content (AvgIpc) is 3.64. The monoisotopic (exact) mass is 647 g/mol. The van der Waals surface area contributed by atoms with Crippen molar-refractivity contribution in [2.24, 2.45) is 0 Å². The van der Waals surface area contributed by atoms with Gasteiger partial charge < -0.3 is 19.3 Å². The molecule has 4 aromatic rings. The molecule has 1 saturated heterocycles. The Balaban J connectivity index is 1.37. The molecule has 0 spiro atoms. The average molecular weight is 648 g/mol. The third-order valence-electron chi connectivity index (χ3n) is 7.33. The molecule has 0 unspecified atom stereocenters. The van der Waals surface area contributed by atoms with Crippen LogP contribution in [-0.2, 0) is 15.3 Å². The molecule has 0 bridgehead atoms. The van der Waals surface area contributed by atoms with Gasteiger partial charge >= 0.3 is 5.91 Å². The Morgan fingerprint density at radius 2 is 1.84 bits per heavy atom. The highest BCUT2D eigenvalue weighted by molar-refractivity contribution is 8.00. The number of ether oxygens (including phenoxy) is 3. The SMILES string of the molecule is CCCCCOc1cccc([C@H]2/C(=C(\O)c3ccc4c(c3)OCCO4)C(=O)C(=O)N2c2nnc(SCc3ccc(F)cc3)s2)c1. The zero-order valence-corrected chi connectivity index (χ0v) is 26.0. The Hall–Kier alpha value is -4.42. The maximum atomic E-state index is 13.7. The lowest BCUT2D eigenvalue weighted by Crippen LogP contribution is -2.29. The summed E-state index contributed by atoms with van der Waals surface area (Å²) in [6.45, 7) is 3.41. The van der Waals surface area contributed by atoms with E-state index in [1.54, 1.807) is 48.5 Å². The lowest BCUT2D eigenvalue weighted by molar-refractivity contribution is -0.132. The zero-order valence-electron chi connectivity index (χ0n) is 24.4. The lowest BCUT2D eigenvalue weighted by atomic mass is 9.95. The van der Waals surface area contributed by atoms with Gasteiger partial charge in [0, 0.05) is 11.3 Å². The van der Waals surface area contributed by atoms with E-state index in [0.717, 1.165) is 36.2 Å². The summed E-state index contributed by atoms with van der Waals surface area (Å²) in [5.41, 5.74) is 1.68. The van der Waals surface area contributed by atoms with E-state index in [1.807, 2.05) is 6.07 Å². The second-order valence-corrected chi connectivity index (χ2v) is 12.6. The summed E-state index contributed by atoms with van der Waals surface area (Å²) < 4.78 is 31.2. The van der Waals surface area contributed by atoms with Crippen molar-refractivity contribution < 1.29 is 33.3 Å². The fraction of sp³-hybridized carbons (Fsp3) is 0.273. The van der Waals surface area contributed by atoms with E-state index < -0.39 is 17.7 Å². The van der Waals surface area contributed by atoms with Gasteiger partial charge in [0.05, 0.1) is 18.2 Å². The van der Waals surface area contributed by atoms with Crippen molar-refractivity contribution in [2.45, 2.75) is 42.3 Å². The lowest BCUT2D eigenvalue weighted by Gasteiger charge is -2.23. The minimum absolute atomic E-state index is 0.0875. The first-order valence-corrected chi connectivity index (χ1v) is 16.4. The molecule has 232 valence electrons. The number of aromatic nitrogens is 2. The molecule has 0 aliphatic carbocycles. The van der Waals surface area contributed by atoms with Gasteiger partial charge in [-0.3, -0.25) is 14.5 Å². The molecule has 0 radical (unpaired) electrons. The third kappa shape index (κ3) is 6.66. The zero-order chi connectivity index (χ0) is 31.3. The minimum atomic E-state index is -1.000. The van der Waals surface area contributed by atoms with Crippen molar-refractivity contribution in [3.63, 3.8) is 0 Å². The molecule has 1 N–H and O–H groups in total. The van der Waals surface area contributed by atoms with Crippen LogP contribution in [0.25, 0.3) is 5.76 Å². The summed E-state index contributed by atoms with van der Waals surface area (Å²) in [5.74, 6) is -0.281. The molecular weight excluding hydrogens is 618 g/mol. The van der Waals surface area contributed by atoms with Crippen molar-refractivity contribution in [1.29, 1.82) is 0 Å². The number of fused-ring (bicyclic) bond motifs is 1. The summed E-state index contributed by atoms with van der Waals surface area (Å²) in [5, 5.41) is 20.3. The molecule has 12 heteroatoms. The number of benzene rings is 3. The number of carbonyl (C=O) groups excluding carboxylic acids is 2. The molecular formula is C33H30FN3O6S2. The molecule has 2 aliphatic heterocycles. The molecule has 1 aromatic heterocycles. The minimum Gasteiger partial charge on any atom is -0.507 e. The van der Waals surface area contributed by atoms with E-state index in [1.165, 1.54) is 28.8 Å². The van der Waals surface area contributed by atoms with Crippen LogP contribution >= 0.6 is 23.1 Å². The highest BCUT2D eigenvalue weighted by Gasteiger charge is 2.48. The van der Waals surface area contributed by atoms with Crippen LogP contribution in [0.5, 0.6) is 17.2 Å². The summed E-state index contributed by atoms with van der Waals surface area (Å²) in [6, 6.07) is 17.2. The highest BCUT2D eigenvalue weighted by Crippen LogP contribution is 2.45. The molecule has 9 nitrogen and oxygen atoms in total. The van der Waals surface area contributed by atoms with Gasteiger partial charge in [-0.05, 0) is 60.0 Å². The topological polar surface area (TPSA) is 111 Å². The largest absolute Gasteiger partial charge is 0.507 e. The number of ketones is 1. The quantitative estimate of drug-likeness (QED) is 0.0462. The van der Waals surface area contributed by atoms with Crippen LogP contribution in [-0.4, -0.2) is 46.8 Å². The van der Waals surface area contributed by atoms with E-state index in [4.69, 9.17) is 14.2 Å². The van der Waals surface area contributed by atoms with Crippen molar-refractivity contribution in [2.75, 3.05) is 24.7 Å². The number of aliphatic hydroxyl groups excluding tert-OH is 1. The summed E-state index contributed by atoms with van der Waals surface area (Å²) >= 11 is 2.54. The molecule has 1 fully saturated rings. The summed E-state index contributed by atoms with van der Waals surface area (Å²) in [7, 11) is 0. The molecule has 3 aromatic carbocycles. The van der Waals surface area contributed by atoms with E-state index in [9.17, 15) is 19.1 Å². The first-order valence-electron chi connectivity index (χ1n) is 14.6. The van der Waals surface area contributed by atoms with Gasteiger partial charge in [0.2, 0.25) is 5.13 Å². The molecule has 6 rings (SSSR count).